The third-order valence-electron chi connectivity index (χ3n) is 5.13. The lowest BCUT2D eigenvalue weighted by Gasteiger charge is -2.35. The lowest BCUT2D eigenvalue weighted by atomic mass is 10.0. The van der Waals surface area contributed by atoms with Crippen LogP contribution in [0.4, 0.5) is 0 Å². The Bertz CT molecular complexity index is 846. The quantitative estimate of drug-likeness (QED) is 0.790. The number of hydrogen-bond donors (Lipinski definition) is 0. The number of piperazine rings is 1. The van der Waals surface area contributed by atoms with E-state index >= 15 is 0 Å². The molecule has 1 saturated heterocycles. The van der Waals surface area contributed by atoms with Crippen molar-refractivity contribution in [2.24, 2.45) is 0 Å². The van der Waals surface area contributed by atoms with Gasteiger partial charge in [0.1, 0.15) is 18.1 Å². The van der Waals surface area contributed by atoms with Crippen molar-refractivity contribution in [2.75, 3.05) is 39.9 Å². The average Bonchev–Trinajstić information content (AvgIpc) is 2.73. The third kappa shape index (κ3) is 4.32. The number of carbonyl (C=O) groups is 1. The van der Waals surface area contributed by atoms with Crippen molar-refractivity contribution in [1.82, 2.24) is 9.80 Å². The molecule has 6 heteroatoms. The zero-order chi connectivity index (χ0) is 18.6. The zero-order valence-electron chi connectivity index (χ0n) is 16.0. The average molecular weight is 401 g/mol. The monoisotopic (exact) mass is 400 g/mol. The topological polar surface area (TPSA) is 42.0 Å². The predicted molar refractivity (Wildman–Crippen MR) is 112 cm³/mol. The number of methoxy groups -OCH3 is 1. The first-order valence-corrected chi connectivity index (χ1v) is 9.30. The van der Waals surface area contributed by atoms with Crippen LogP contribution in [0.1, 0.15) is 11.1 Å². The molecule has 2 heterocycles. The van der Waals surface area contributed by atoms with Crippen LogP contribution in [-0.2, 0) is 11.3 Å². The number of amides is 1. The molecule has 0 atom stereocenters. The minimum atomic E-state index is 0. The van der Waals surface area contributed by atoms with Crippen molar-refractivity contribution < 1.29 is 14.3 Å². The lowest BCUT2D eigenvalue weighted by Crippen LogP contribution is -2.49. The zero-order valence-corrected chi connectivity index (χ0v) is 16.8. The van der Waals surface area contributed by atoms with Crippen LogP contribution in [0.2, 0.25) is 0 Å². The van der Waals surface area contributed by atoms with Crippen molar-refractivity contribution in [3.8, 4) is 11.5 Å². The molecule has 2 aromatic rings. The summed E-state index contributed by atoms with van der Waals surface area (Å²) in [6.45, 7) is 4.48. The molecule has 2 aliphatic rings. The number of carbonyl (C=O) groups excluding carboxylic acids is 1. The van der Waals surface area contributed by atoms with E-state index in [0.29, 0.717) is 12.2 Å². The second-order valence-electron chi connectivity index (χ2n) is 6.88. The van der Waals surface area contributed by atoms with Gasteiger partial charge in [0.2, 0.25) is 0 Å². The number of halogens is 1. The van der Waals surface area contributed by atoms with E-state index < -0.39 is 0 Å². The predicted octanol–water partition coefficient (Wildman–Crippen LogP) is 3.24. The van der Waals surface area contributed by atoms with E-state index in [1.165, 1.54) is 5.56 Å². The Balaban J connectivity index is 0.00000225. The lowest BCUT2D eigenvalue weighted by molar-refractivity contribution is -0.129. The van der Waals surface area contributed by atoms with Crippen molar-refractivity contribution in [3.63, 3.8) is 0 Å². The molecule has 1 amide bonds. The summed E-state index contributed by atoms with van der Waals surface area (Å²) in [6, 6.07) is 16.1. The van der Waals surface area contributed by atoms with Crippen molar-refractivity contribution in [2.45, 2.75) is 6.54 Å². The van der Waals surface area contributed by atoms with Crippen LogP contribution in [0.25, 0.3) is 6.08 Å². The molecular weight excluding hydrogens is 376 g/mol. The maximum Gasteiger partial charge on any atom is 0.253 e. The van der Waals surface area contributed by atoms with E-state index in [2.05, 4.69) is 29.2 Å². The molecule has 4 rings (SSSR count). The molecule has 0 aliphatic carbocycles. The molecule has 0 aromatic heterocycles. The minimum Gasteiger partial charge on any atom is -0.496 e. The van der Waals surface area contributed by atoms with Crippen molar-refractivity contribution in [1.29, 1.82) is 0 Å². The highest BCUT2D eigenvalue weighted by atomic mass is 35.5. The summed E-state index contributed by atoms with van der Waals surface area (Å²) in [5, 5.41) is 0. The van der Waals surface area contributed by atoms with Gasteiger partial charge in [0.15, 0.2) is 0 Å². The maximum absolute atomic E-state index is 12.9. The summed E-state index contributed by atoms with van der Waals surface area (Å²) in [4.78, 5) is 17.3. The van der Waals surface area contributed by atoms with Crippen molar-refractivity contribution >= 4 is 24.4 Å². The SMILES string of the molecule is COc1cccc2c1C=C(C(=O)N1CCN(Cc3ccccc3)CC1)CO2.Cl. The molecule has 0 radical (unpaired) electrons. The van der Waals surface area contributed by atoms with E-state index in [1.807, 2.05) is 35.2 Å². The normalized spacial score (nSPS) is 16.3. The highest BCUT2D eigenvalue weighted by Gasteiger charge is 2.26. The van der Waals surface area contributed by atoms with Gasteiger partial charge in [0, 0.05) is 32.7 Å². The van der Waals surface area contributed by atoms with Gasteiger partial charge in [-0.3, -0.25) is 9.69 Å². The number of hydrogen-bond acceptors (Lipinski definition) is 4. The van der Waals surface area contributed by atoms with Crippen LogP contribution in [0.15, 0.2) is 54.1 Å². The molecule has 0 bridgehead atoms. The number of benzene rings is 2. The Morgan fingerprint density at radius 1 is 1.04 bits per heavy atom. The summed E-state index contributed by atoms with van der Waals surface area (Å²) in [5.41, 5.74) is 2.84. The Kier molecular flexibility index (Phi) is 6.60. The molecule has 0 saturated carbocycles. The van der Waals surface area contributed by atoms with Gasteiger partial charge in [-0.2, -0.15) is 0 Å². The van der Waals surface area contributed by atoms with Gasteiger partial charge in [-0.15, -0.1) is 12.4 Å². The van der Waals surface area contributed by atoms with E-state index in [4.69, 9.17) is 9.47 Å². The van der Waals surface area contributed by atoms with E-state index in [1.54, 1.807) is 7.11 Å². The number of ether oxygens (including phenoxy) is 2. The van der Waals surface area contributed by atoms with Gasteiger partial charge in [-0.1, -0.05) is 36.4 Å². The van der Waals surface area contributed by atoms with Crippen LogP contribution in [-0.4, -0.2) is 55.6 Å². The molecule has 1 fully saturated rings. The Morgan fingerprint density at radius 3 is 2.50 bits per heavy atom. The third-order valence-corrected chi connectivity index (χ3v) is 5.13. The summed E-state index contributed by atoms with van der Waals surface area (Å²) in [7, 11) is 1.63. The fourth-order valence-corrected chi connectivity index (χ4v) is 3.62. The summed E-state index contributed by atoms with van der Waals surface area (Å²) < 4.78 is 11.2. The van der Waals surface area contributed by atoms with Crippen LogP contribution in [0.3, 0.4) is 0 Å². The fourth-order valence-electron chi connectivity index (χ4n) is 3.62. The van der Waals surface area contributed by atoms with Gasteiger partial charge in [0.05, 0.1) is 18.2 Å². The van der Waals surface area contributed by atoms with Gasteiger partial charge in [-0.25, -0.2) is 0 Å². The van der Waals surface area contributed by atoms with Gasteiger partial charge in [-0.05, 0) is 23.8 Å². The molecule has 0 unspecified atom stereocenters. The molecular formula is C22H25ClN2O3. The van der Waals surface area contributed by atoms with E-state index in [9.17, 15) is 4.79 Å². The molecule has 2 aliphatic heterocycles. The number of fused-ring (bicyclic) bond motifs is 1. The van der Waals surface area contributed by atoms with Gasteiger partial charge in [0.25, 0.3) is 5.91 Å². The van der Waals surface area contributed by atoms with Crippen LogP contribution in [0, 0.1) is 0 Å². The van der Waals surface area contributed by atoms with Crippen molar-refractivity contribution in [3.05, 3.63) is 65.2 Å². The summed E-state index contributed by atoms with van der Waals surface area (Å²) in [6.07, 6.45) is 1.91. The molecule has 0 N–H and O–H groups in total. The molecule has 5 nitrogen and oxygen atoms in total. The Labute approximate surface area is 171 Å². The number of nitrogens with zero attached hydrogens (tertiary/aromatic N) is 2. The Morgan fingerprint density at radius 2 is 1.79 bits per heavy atom. The Hall–Kier alpha value is -2.50. The smallest absolute Gasteiger partial charge is 0.253 e. The fraction of sp³-hybridized carbons (Fsp3) is 0.318. The first-order valence-electron chi connectivity index (χ1n) is 9.30. The van der Waals surface area contributed by atoms with E-state index in [-0.39, 0.29) is 18.3 Å². The summed E-state index contributed by atoms with van der Waals surface area (Å²) in [5.74, 6) is 1.55. The highest BCUT2D eigenvalue weighted by molar-refractivity contribution is 5.99. The second-order valence-corrected chi connectivity index (χ2v) is 6.88. The first-order chi connectivity index (χ1) is 13.2. The second kappa shape index (κ2) is 9.13. The minimum absolute atomic E-state index is 0. The van der Waals surface area contributed by atoms with E-state index in [0.717, 1.165) is 49.8 Å². The maximum atomic E-state index is 12.9. The standard InChI is InChI=1S/C22H24N2O3.ClH/c1-26-20-8-5-9-21-19(20)14-18(16-27-21)22(25)24-12-10-23(11-13-24)15-17-6-3-2-4-7-17;/h2-9,14H,10-13,15-16H2,1H3;1H. The van der Waals surface area contributed by atoms with Crippen LogP contribution < -0.4 is 9.47 Å². The molecule has 28 heavy (non-hydrogen) atoms. The van der Waals surface area contributed by atoms with Gasteiger partial charge < -0.3 is 14.4 Å². The molecule has 0 spiro atoms. The highest BCUT2D eigenvalue weighted by Crippen LogP contribution is 2.34. The van der Waals surface area contributed by atoms with Crippen LogP contribution >= 0.6 is 12.4 Å². The molecule has 148 valence electrons. The first kappa shape index (κ1) is 20.2. The van der Waals surface area contributed by atoms with Gasteiger partial charge >= 0.3 is 0 Å². The summed E-state index contributed by atoms with van der Waals surface area (Å²) >= 11 is 0. The van der Waals surface area contributed by atoms with Crippen LogP contribution in [0.5, 0.6) is 11.5 Å². The molecule has 2 aromatic carbocycles. The number of rotatable bonds is 4. The largest absolute Gasteiger partial charge is 0.496 e.